The standard InChI is InChI=1S/C15H21N5O/c1-10-7-8-16-20(10)11(2)15(21)18-13-5-4-6-14-12(13)9-17-19(14)3/h7-9,11,13H,4-6H2,1-3H3,(H,18,21)/t11-,13-/m1/s1. The van der Waals surface area contributed by atoms with Crippen molar-refractivity contribution in [2.75, 3.05) is 0 Å². The Bertz CT molecular complexity index is 657. The van der Waals surface area contributed by atoms with Gasteiger partial charge in [0.1, 0.15) is 6.04 Å². The molecule has 21 heavy (non-hydrogen) atoms. The number of hydrogen-bond acceptors (Lipinski definition) is 3. The number of nitrogens with zero attached hydrogens (tertiary/aromatic N) is 4. The van der Waals surface area contributed by atoms with Gasteiger partial charge in [-0.1, -0.05) is 0 Å². The summed E-state index contributed by atoms with van der Waals surface area (Å²) < 4.78 is 3.66. The van der Waals surface area contributed by atoms with E-state index in [1.54, 1.807) is 10.9 Å². The van der Waals surface area contributed by atoms with Crippen LogP contribution >= 0.6 is 0 Å². The zero-order valence-corrected chi connectivity index (χ0v) is 12.7. The van der Waals surface area contributed by atoms with E-state index >= 15 is 0 Å². The summed E-state index contributed by atoms with van der Waals surface area (Å²) in [7, 11) is 1.96. The van der Waals surface area contributed by atoms with Gasteiger partial charge in [-0.2, -0.15) is 10.2 Å². The van der Waals surface area contributed by atoms with Gasteiger partial charge in [-0.05, 0) is 39.2 Å². The molecule has 0 saturated heterocycles. The zero-order valence-electron chi connectivity index (χ0n) is 12.7. The molecule has 0 unspecified atom stereocenters. The topological polar surface area (TPSA) is 64.7 Å². The Labute approximate surface area is 124 Å². The third-order valence-corrected chi connectivity index (χ3v) is 4.31. The van der Waals surface area contributed by atoms with Crippen molar-refractivity contribution in [2.45, 2.75) is 45.2 Å². The number of aryl methyl sites for hydroxylation is 2. The summed E-state index contributed by atoms with van der Waals surface area (Å²) in [6.45, 7) is 3.83. The molecule has 1 N–H and O–H groups in total. The number of aromatic nitrogens is 4. The van der Waals surface area contributed by atoms with Crippen LogP contribution in [-0.2, 0) is 18.3 Å². The van der Waals surface area contributed by atoms with E-state index in [4.69, 9.17) is 0 Å². The molecule has 0 bridgehead atoms. The highest BCUT2D eigenvalue weighted by atomic mass is 16.2. The Hall–Kier alpha value is -2.11. The van der Waals surface area contributed by atoms with Crippen molar-refractivity contribution in [2.24, 2.45) is 7.05 Å². The molecule has 0 aliphatic heterocycles. The second-order valence-electron chi connectivity index (χ2n) is 5.72. The Morgan fingerprint density at radius 2 is 2.29 bits per heavy atom. The monoisotopic (exact) mass is 287 g/mol. The van der Waals surface area contributed by atoms with Gasteiger partial charge in [-0.3, -0.25) is 14.2 Å². The van der Waals surface area contributed by atoms with Crippen molar-refractivity contribution in [3.05, 3.63) is 35.4 Å². The third-order valence-electron chi connectivity index (χ3n) is 4.31. The lowest BCUT2D eigenvalue weighted by molar-refractivity contribution is -0.125. The molecular weight excluding hydrogens is 266 g/mol. The first kappa shape index (κ1) is 13.9. The molecule has 0 fully saturated rings. The number of fused-ring (bicyclic) bond motifs is 1. The van der Waals surface area contributed by atoms with Gasteiger partial charge in [0.2, 0.25) is 5.91 Å². The molecule has 2 aromatic heterocycles. The summed E-state index contributed by atoms with van der Waals surface area (Å²) in [6, 6.07) is 1.67. The minimum Gasteiger partial charge on any atom is -0.347 e. The van der Waals surface area contributed by atoms with Gasteiger partial charge >= 0.3 is 0 Å². The van der Waals surface area contributed by atoms with E-state index in [0.29, 0.717) is 0 Å². The molecule has 1 amide bonds. The van der Waals surface area contributed by atoms with E-state index in [2.05, 4.69) is 15.5 Å². The predicted octanol–water partition coefficient (Wildman–Crippen LogP) is 1.68. The Kier molecular flexibility index (Phi) is 3.53. The lowest BCUT2D eigenvalue weighted by Gasteiger charge is -2.25. The molecule has 0 aromatic carbocycles. The summed E-state index contributed by atoms with van der Waals surface area (Å²) in [5.41, 5.74) is 3.37. The van der Waals surface area contributed by atoms with Crippen LogP contribution in [0.15, 0.2) is 18.5 Å². The van der Waals surface area contributed by atoms with Crippen molar-refractivity contribution < 1.29 is 4.79 Å². The molecular formula is C15H21N5O. The number of hydrogen-bond donors (Lipinski definition) is 1. The average Bonchev–Trinajstić information content (AvgIpc) is 3.06. The highest BCUT2D eigenvalue weighted by Crippen LogP contribution is 2.29. The van der Waals surface area contributed by atoms with Crippen LogP contribution in [0.4, 0.5) is 0 Å². The number of rotatable bonds is 3. The number of amides is 1. The molecule has 0 spiro atoms. The summed E-state index contributed by atoms with van der Waals surface area (Å²) in [6.07, 6.45) is 6.68. The maximum atomic E-state index is 12.5. The Morgan fingerprint density at radius 1 is 1.48 bits per heavy atom. The van der Waals surface area contributed by atoms with Gasteiger partial charge in [0.05, 0.1) is 12.2 Å². The summed E-state index contributed by atoms with van der Waals surface area (Å²) in [5, 5.41) is 11.7. The fourth-order valence-electron chi connectivity index (χ4n) is 3.05. The lowest BCUT2D eigenvalue weighted by Crippen LogP contribution is -2.36. The molecule has 6 heteroatoms. The quantitative estimate of drug-likeness (QED) is 0.934. The maximum Gasteiger partial charge on any atom is 0.245 e. The van der Waals surface area contributed by atoms with Crippen LogP contribution in [0.3, 0.4) is 0 Å². The summed E-state index contributed by atoms with van der Waals surface area (Å²) >= 11 is 0. The highest BCUT2D eigenvalue weighted by Gasteiger charge is 2.27. The second kappa shape index (κ2) is 5.35. The van der Waals surface area contributed by atoms with Crippen molar-refractivity contribution in [1.82, 2.24) is 24.9 Å². The normalized spacial score (nSPS) is 19.1. The largest absolute Gasteiger partial charge is 0.347 e. The van der Waals surface area contributed by atoms with Gasteiger partial charge in [-0.25, -0.2) is 0 Å². The number of carbonyl (C=O) groups excluding carboxylic acids is 1. The van der Waals surface area contributed by atoms with Crippen LogP contribution in [0.2, 0.25) is 0 Å². The predicted molar refractivity (Wildman–Crippen MR) is 78.7 cm³/mol. The first-order chi connectivity index (χ1) is 10.1. The van der Waals surface area contributed by atoms with Crippen LogP contribution in [-0.4, -0.2) is 25.5 Å². The highest BCUT2D eigenvalue weighted by molar-refractivity contribution is 5.80. The van der Waals surface area contributed by atoms with Gasteiger partial charge in [0.15, 0.2) is 0 Å². The van der Waals surface area contributed by atoms with Crippen molar-refractivity contribution in [3.8, 4) is 0 Å². The number of nitrogens with one attached hydrogen (secondary N) is 1. The van der Waals surface area contributed by atoms with E-state index in [-0.39, 0.29) is 18.0 Å². The van der Waals surface area contributed by atoms with E-state index < -0.39 is 0 Å². The third kappa shape index (κ3) is 2.46. The van der Waals surface area contributed by atoms with Crippen molar-refractivity contribution >= 4 is 5.91 Å². The van der Waals surface area contributed by atoms with E-state index in [9.17, 15) is 4.79 Å². The summed E-state index contributed by atoms with van der Waals surface area (Å²) in [4.78, 5) is 12.5. The maximum absolute atomic E-state index is 12.5. The van der Waals surface area contributed by atoms with E-state index in [1.807, 2.05) is 37.8 Å². The van der Waals surface area contributed by atoms with Crippen LogP contribution < -0.4 is 5.32 Å². The van der Waals surface area contributed by atoms with E-state index in [1.165, 1.54) is 5.69 Å². The van der Waals surface area contributed by atoms with Crippen molar-refractivity contribution in [1.29, 1.82) is 0 Å². The molecule has 1 aliphatic rings. The van der Waals surface area contributed by atoms with Gasteiger partial charge in [0, 0.05) is 30.2 Å². The molecule has 2 heterocycles. The Morgan fingerprint density at radius 3 is 3.00 bits per heavy atom. The number of carbonyl (C=O) groups is 1. The Balaban J connectivity index is 1.75. The molecule has 0 saturated carbocycles. The van der Waals surface area contributed by atoms with Gasteiger partial charge < -0.3 is 5.32 Å². The van der Waals surface area contributed by atoms with Crippen LogP contribution in [0, 0.1) is 6.92 Å². The summed E-state index contributed by atoms with van der Waals surface area (Å²) in [5.74, 6) is 0.00324. The molecule has 6 nitrogen and oxygen atoms in total. The smallest absolute Gasteiger partial charge is 0.245 e. The van der Waals surface area contributed by atoms with Crippen LogP contribution in [0.5, 0.6) is 0 Å². The average molecular weight is 287 g/mol. The van der Waals surface area contributed by atoms with Crippen molar-refractivity contribution in [3.63, 3.8) is 0 Å². The molecule has 2 aromatic rings. The van der Waals surface area contributed by atoms with E-state index in [0.717, 1.165) is 30.5 Å². The second-order valence-corrected chi connectivity index (χ2v) is 5.72. The molecule has 3 rings (SSSR count). The zero-order chi connectivity index (χ0) is 15.0. The first-order valence-electron chi connectivity index (χ1n) is 7.39. The molecule has 0 radical (unpaired) electrons. The fraction of sp³-hybridized carbons (Fsp3) is 0.533. The molecule has 112 valence electrons. The minimum absolute atomic E-state index is 0.00324. The lowest BCUT2D eigenvalue weighted by atomic mass is 9.93. The SMILES string of the molecule is Cc1ccnn1[C@H](C)C(=O)N[C@@H]1CCCc2c1cnn2C. The van der Waals surface area contributed by atoms with Crippen LogP contribution in [0.25, 0.3) is 0 Å². The molecule has 2 atom stereocenters. The molecule has 1 aliphatic carbocycles. The minimum atomic E-state index is -0.304. The first-order valence-corrected chi connectivity index (χ1v) is 7.39. The van der Waals surface area contributed by atoms with Crippen LogP contribution in [0.1, 0.15) is 48.8 Å². The fourth-order valence-corrected chi connectivity index (χ4v) is 3.05. The van der Waals surface area contributed by atoms with Gasteiger partial charge in [-0.15, -0.1) is 0 Å². The van der Waals surface area contributed by atoms with Gasteiger partial charge in [0.25, 0.3) is 0 Å².